The first-order valence-electron chi connectivity index (χ1n) is 14.9. The van der Waals surface area contributed by atoms with Gasteiger partial charge in [0, 0.05) is 32.0 Å². The molecule has 0 aromatic heterocycles. The Morgan fingerprint density at radius 1 is 0.881 bits per heavy atom. The van der Waals surface area contributed by atoms with E-state index in [1.165, 1.54) is 17.0 Å². The SMILES string of the molecule is Cc1cccc(N(CCCC(=O)N(Cc2ccccc2)[C@@H](Cc2ccccc2)C(=O)NC2CCCCC2)S(C)(=O)=O)c1. The van der Waals surface area contributed by atoms with E-state index in [2.05, 4.69) is 5.32 Å². The number of amides is 2. The second-order valence-corrected chi connectivity index (χ2v) is 13.2. The van der Waals surface area contributed by atoms with Crippen molar-refractivity contribution in [1.29, 1.82) is 0 Å². The molecule has 0 unspecified atom stereocenters. The highest BCUT2D eigenvalue weighted by atomic mass is 32.2. The third-order valence-corrected chi connectivity index (χ3v) is 9.05. The number of hydrogen-bond donors (Lipinski definition) is 1. The van der Waals surface area contributed by atoms with E-state index in [0.717, 1.165) is 42.4 Å². The number of hydrogen-bond acceptors (Lipinski definition) is 4. The predicted octanol–water partition coefficient (Wildman–Crippen LogP) is 5.63. The number of benzene rings is 3. The lowest BCUT2D eigenvalue weighted by Crippen LogP contribution is -2.52. The van der Waals surface area contributed by atoms with Crippen molar-refractivity contribution in [2.24, 2.45) is 0 Å². The Morgan fingerprint density at radius 2 is 1.52 bits per heavy atom. The zero-order chi connectivity index (χ0) is 30.0. The van der Waals surface area contributed by atoms with E-state index < -0.39 is 16.1 Å². The van der Waals surface area contributed by atoms with E-state index in [1.54, 1.807) is 11.0 Å². The van der Waals surface area contributed by atoms with Gasteiger partial charge in [-0.25, -0.2) is 8.42 Å². The number of anilines is 1. The molecular formula is C34H43N3O4S. The quantitative estimate of drug-likeness (QED) is 0.280. The smallest absolute Gasteiger partial charge is 0.243 e. The lowest BCUT2D eigenvalue weighted by molar-refractivity contribution is -0.141. The summed E-state index contributed by atoms with van der Waals surface area (Å²) in [6.45, 7) is 2.38. The summed E-state index contributed by atoms with van der Waals surface area (Å²) in [6, 6.07) is 26.3. The third-order valence-electron chi connectivity index (χ3n) is 7.86. The van der Waals surface area contributed by atoms with E-state index >= 15 is 0 Å². The van der Waals surface area contributed by atoms with Gasteiger partial charge in [-0.05, 0) is 55.0 Å². The molecule has 3 aromatic carbocycles. The maximum absolute atomic E-state index is 14.0. The van der Waals surface area contributed by atoms with Gasteiger partial charge in [-0.1, -0.05) is 92.1 Å². The van der Waals surface area contributed by atoms with Crippen LogP contribution in [0.15, 0.2) is 84.9 Å². The Labute approximate surface area is 251 Å². The normalized spacial score (nSPS) is 14.6. The molecule has 2 amide bonds. The van der Waals surface area contributed by atoms with Crippen molar-refractivity contribution in [1.82, 2.24) is 10.2 Å². The summed E-state index contributed by atoms with van der Waals surface area (Å²) in [5.41, 5.74) is 3.46. The molecule has 0 radical (unpaired) electrons. The lowest BCUT2D eigenvalue weighted by atomic mass is 9.94. The van der Waals surface area contributed by atoms with Gasteiger partial charge in [0.15, 0.2) is 0 Å². The summed E-state index contributed by atoms with van der Waals surface area (Å²) in [4.78, 5) is 29.6. The lowest BCUT2D eigenvalue weighted by Gasteiger charge is -2.34. The van der Waals surface area contributed by atoms with Crippen LogP contribution >= 0.6 is 0 Å². The number of nitrogens with one attached hydrogen (secondary N) is 1. The van der Waals surface area contributed by atoms with Gasteiger partial charge >= 0.3 is 0 Å². The van der Waals surface area contributed by atoms with Crippen molar-refractivity contribution in [3.63, 3.8) is 0 Å². The van der Waals surface area contributed by atoms with Gasteiger partial charge in [0.05, 0.1) is 11.9 Å². The van der Waals surface area contributed by atoms with E-state index in [-0.39, 0.29) is 30.8 Å². The van der Waals surface area contributed by atoms with Crippen molar-refractivity contribution < 1.29 is 18.0 Å². The molecule has 224 valence electrons. The molecule has 3 aromatic rings. The molecule has 0 spiro atoms. The third kappa shape index (κ3) is 9.18. The first-order chi connectivity index (χ1) is 20.2. The highest BCUT2D eigenvalue weighted by molar-refractivity contribution is 7.92. The average molecular weight is 590 g/mol. The van der Waals surface area contributed by atoms with Gasteiger partial charge in [0.2, 0.25) is 21.8 Å². The number of carbonyl (C=O) groups is 2. The molecule has 1 aliphatic rings. The van der Waals surface area contributed by atoms with Crippen LogP contribution in [0.2, 0.25) is 0 Å². The maximum Gasteiger partial charge on any atom is 0.243 e. The molecule has 7 nitrogen and oxygen atoms in total. The van der Waals surface area contributed by atoms with E-state index in [1.807, 2.05) is 85.8 Å². The highest BCUT2D eigenvalue weighted by Crippen LogP contribution is 2.22. The highest BCUT2D eigenvalue weighted by Gasteiger charge is 2.32. The van der Waals surface area contributed by atoms with Crippen molar-refractivity contribution in [2.75, 3.05) is 17.1 Å². The Balaban J connectivity index is 1.57. The molecule has 1 N–H and O–H groups in total. The predicted molar refractivity (Wildman–Crippen MR) is 169 cm³/mol. The fourth-order valence-corrected chi connectivity index (χ4v) is 6.62. The number of rotatable bonds is 13. The summed E-state index contributed by atoms with van der Waals surface area (Å²) in [5.74, 6) is -0.302. The van der Waals surface area contributed by atoms with Crippen molar-refractivity contribution in [3.05, 3.63) is 102 Å². The van der Waals surface area contributed by atoms with Crippen LogP contribution in [0.5, 0.6) is 0 Å². The Bertz CT molecular complexity index is 1410. The van der Waals surface area contributed by atoms with Crippen LogP contribution in [0.3, 0.4) is 0 Å². The second kappa shape index (κ2) is 15.0. The standard InChI is InChI=1S/C34H43N3O4S/c1-27-14-12-21-31(24-27)37(42(2,40)41)23-13-22-33(38)36(26-29-17-8-4-9-18-29)32(25-28-15-6-3-7-16-28)34(39)35-30-19-10-5-11-20-30/h3-4,6-9,12,14-18,21,24,30,32H,5,10-11,13,19-20,22-23,25-26H2,1-2H3,(H,35,39)/t32-/m0/s1. The fraction of sp³-hybridized carbons (Fsp3) is 0.412. The van der Waals surface area contributed by atoms with Gasteiger partial charge in [-0.15, -0.1) is 0 Å². The maximum atomic E-state index is 14.0. The zero-order valence-corrected chi connectivity index (χ0v) is 25.6. The van der Waals surface area contributed by atoms with E-state index in [4.69, 9.17) is 0 Å². The van der Waals surface area contributed by atoms with Crippen molar-refractivity contribution in [3.8, 4) is 0 Å². The fourth-order valence-electron chi connectivity index (χ4n) is 5.67. The topological polar surface area (TPSA) is 86.8 Å². The summed E-state index contributed by atoms with van der Waals surface area (Å²) >= 11 is 0. The summed E-state index contributed by atoms with van der Waals surface area (Å²) in [6.07, 6.45) is 7.32. The minimum absolute atomic E-state index is 0.118. The van der Waals surface area contributed by atoms with Crippen molar-refractivity contribution >= 4 is 27.5 Å². The summed E-state index contributed by atoms with van der Waals surface area (Å²) < 4.78 is 26.7. The number of nitrogens with zero attached hydrogens (tertiary/aromatic N) is 2. The van der Waals surface area contributed by atoms with Gasteiger partial charge in [0.1, 0.15) is 6.04 Å². The number of aryl methyl sites for hydroxylation is 1. The largest absolute Gasteiger partial charge is 0.352 e. The number of carbonyl (C=O) groups excluding carboxylic acids is 2. The first-order valence-corrected chi connectivity index (χ1v) is 16.8. The molecule has 42 heavy (non-hydrogen) atoms. The molecule has 0 saturated heterocycles. The molecule has 0 bridgehead atoms. The van der Waals surface area contributed by atoms with E-state index in [9.17, 15) is 18.0 Å². The van der Waals surface area contributed by atoms with Gasteiger partial charge in [-0.3, -0.25) is 13.9 Å². The molecule has 0 aliphatic heterocycles. The summed E-state index contributed by atoms with van der Waals surface area (Å²) in [5, 5.41) is 3.26. The van der Waals surface area contributed by atoms with Crippen LogP contribution in [0, 0.1) is 6.92 Å². The van der Waals surface area contributed by atoms with Crippen LogP contribution < -0.4 is 9.62 Å². The minimum Gasteiger partial charge on any atom is -0.352 e. The Kier molecular flexibility index (Phi) is 11.2. The molecular weight excluding hydrogens is 546 g/mol. The number of sulfonamides is 1. The minimum atomic E-state index is -3.54. The van der Waals surface area contributed by atoms with Crippen LogP contribution in [-0.2, 0) is 32.6 Å². The van der Waals surface area contributed by atoms with Gasteiger partial charge in [-0.2, -0.15) is 0 Å². The molecule has 0 heterocycles. The molecule has 1 saturated carbocycles. The molecule has 1 fully saturated rings. The van der Waals surface area contributed by atoms with Crippen LogP contribution in [0.4, 0.5) is 5.69 Å². The van der Waals surface area contributed by atoms with Gasteiger partial charge in [0.25, 0.3) is 0 Å². The van der Waals surface area contributed by atoms with Crippen LogP contribution in [-0.4, -0.2) is 50.0 Å². The second-order valence-electron chi connectivity index (χ2n) is 11.3. The van der Waals surface area contributed by atoms with Crippen molar-refractivity contribution in [2.45, 2.75) is 76.9 Å². The average Bonchev–Trinajstić information content (AvgIpc) is 2.98. The Morgan fingerprint density at radius 3 is 2.14 bits per heavy atom. The van der Waals surface area contributed by atoms with Crippen LogP contribution in [0.25, 0.3) is 0 Å². The molecule has 4 rings (SSSR count). The molecule has 1 atom stereocenters. The summed E-state index contributed by atoms with van der Waals surface area (Å²) in [7, 11) is -3.54. The van der Waals surface area contributed by atoms with Crippen LogP contribution in [0.1, 0.15) is 61.6 Å². The zero-order valence-electron chi connectivity index (χ0n) is 24.7. The molecule has 1 aliphatic carbocycles. The van der Waals surface area contributed by atoms with Gasteiger partial charge < -0.3 is 10.2 Å². The monoisotopic (exact) mass is 589 g/mol. The van der Waals surface area contributed by atoms with E-state index in [0.29, 0.717) is 25.1 Å². The first kappa shape index (κ1) is 31.3. The Hall–Kier alpha value is -3.65. The molecule has 8 heteroatoms.